The molecular weight excluding hydrogens is 146 g/mol. The second kappa shape index (κ2) is 3.64. The van der Waals surface area contributed by atoms with Crippen molar-refractivity contribution in [1.29, 1.82) is 0 Å². The van der Waals surface area contributed by atoms with E-state index in [1.165, 1.54) is 7.05 Å². The third-order valence-corrected chi connectivity index (χ3v) is 0.694. The molecule has 0 unspecified atom stereocenters. The number of aliphatic imine (C=N–C) groups is 1. The van der Waals surface area contributed by atoms with Gasteiger partial charge in [0.1, 0.15) is 6.34 Å². The van der Waals surface area contributed by atoms with E-state index in [1.807, 2.05) is 5.48 Å². The number of hydroxylamine groups is 1. The van der Waals surface area contributed by atoms with Gasteiger partial charge in [0.2, 0.25) is 0 Å². The Morgan fingerprint density at radius 1 is 1.78 bits per heavy atom. The van der Waals surface area contributed by atoms with Crippen LogP contribution in [0.4, 0.5) is 0 Å². The Morgan fingerprint density at radius 3 is 2.67 bits per heavy atom. The molecule has 0 aromatic heterocycles. The maximum atomic E-state index is 8.31. The molecule has 0 aromatic carbocycles. The third kappa shape index (κ3) is 7.66. The summed E-state index contributed by atoms with van der Waals surface area (Å²) in [7, 11) is 1.48. The molecule has 0 amide bonds. The first kappa shape index (κ1) is 8.66. The lowest BCUT2D eigenvalue weighted by molar-refractivity contribution is 0.225. The molecular formula is C2H9N3O3S. The number of nitrogens with two attached hydrogens (primary N) is 1. The minimum Gasteiger partial charge on any atom is -0.295 e. The lowest BCUT2D eigenvalue weighted by atomic mass is 11.3. The SMILES string of the molecule is CN=CNOS(N)(O)O. The van der Waals surface area contributed by atoms with Crippen LogP contribution in [0.3, 0.4) is 0 Å². The highest BCUT2D eigenvalue weighted by Crippen LogP contribution is 2.26. The van der Waals surface area contributed by atoms with E-state index in [1.54, 1.807) is 0 Å². The Labute approximate surface area is 54.4 Å². The minimum atomic E-state index is -3.40. The molecule has 7 heteroatoms. The van der Waals surface area contributed by atoms with Gasteiger partial charge in [-0.3, -0.25) is 14.1 Å². The summed E-state index contributed by atoms with van der Waals surface area (Å²) in [4.78, 5) is 3.41. The van der Waals surface area contributed by atoms with Gasteiger partial charge in [-0.05, 0) is 0 Å². The summed E-state index contributed by atoms with van der Waals surface area (Å²) in [6.07, 6.45) is 1.13. The van der Waals surface area contributed by atoms with Gasteiger partial charge in [-0.15, -0.1) is 0 Å². The lowest BCUT2D eigenvalue weighted by Gasteiger charge is -2.17. The van der Waals surface area contributed by atoms with Crippen LogP contribution in [0.5, 0.6) is 0 Å². The molecule has 0 spiro atoms. The molecule has 0 fully saturated rings. The summed E-state index contributed by atoms with van der Waals surface area (Å²) < 4.78 is 20.7. The van der Waals surface area contributed by atoms with Crippen molar-refractivity contribution in [3.05, 3.63) is 0 Å². The van der Waals surface area contributed by atoms with Crippen molar-refractivity contribution in [2.24, 2.45) is 10.1 Å². The first-order valence-corrected chi connectivity index (χ1v) is 3.50. The molecule has 0 aliphatic rings. The van der Waals surface area contributed by atoms with Crippen LogP contribution in [-0.2, 0) is 4.28 Å². The quantitative estimate of drug-likeness (QED) is 0.255. The molecule has 0 aromatic rings. The van der Waals surface area contributed by atoms with Crippen molar-refractivity contribution >= 4 is 17.4 Å². The molecule has 0 aliphatic carbocycles. The zero-order valence-corrected chi connectivity index (χ0v) is 5.63. The second-order valence-electron chi connectivity index (χ2n) is 1.13. The molecule has 0 saturated heterocycles. The van der Waals surface area contributed by atoms with Crippen LogP contribution in [0.1, 0.15) is 0 Å². The van der Waals surface area contributed by atoms with Gasteiger partial charge in [0, 0.05) is 7.05 Å². The summed E-state index contributed by atoms with van der Waals surface area (Å²) in [6.45, 7) is 0. The standard InChI is InChI=1S/C2H9N3O3S/c1-4-2-5-8-9(3,6)7/h2,6-7H,3H2,1H3,(H,4,5). The summed E-state index contributed by atoms with van der Waals surface area (Å²) in [6, 6.07) is 0. The number of hydrogen-bond donors (Lipinski definition) is 4. The average Bonchev–Trinajstić information content (AvgIpc) is 1.63. The number of nitrogens with one attached hydrogen (secondary N) is 1. The Balaban J connectivity index is 3.28. The molecule has 0 saturated carbocycles. The Morgan fingerprint density at radius 2 is 2.33 bits per heavy atom. The van der Waals surface area contributed by atoms with Gasteiger partial charge in [-0.2, -0.15) is 4.28 Å². The van der Waals surface area contributed by atoms with Gasteiger partial charge in [-0.1, -0.05) is 0 Å². The van der Waals surface area contributed by atoms with Crippen LogP contribution in [0.25, 0.3) is 0 Å². The predicted molar refractivity (Wildman–Crippen MR) is 35.7 cm³/mol. The van der Waals surface area contributed by atoms with Crippen LogP contribution in [-0.4, -0.2) is 22.5 Å². The van der Waals surface area contributed by atoms with Gasteiger partial charge in [-0.25, -0.2) is 10.6 Å². The van der Waals surface area contributed by atoms with Crippen LogP contribution < -0.4 is 10.6 Å². The van der Waals surface area contributed by atoms with E-state index < -0.39 is 11.1 Å². The zero-order valence-electron chi connectivity index (χ0n) is 4.81. The molecule has 0 atom stereocenters. The van der Waals surface area contributed by atoms with Crippen LogP contribution in [0.2, 0.25) is 0 Å². The van der Waals surface area contributed by atoms with Gasteiger partial charge >= 0.3 is 0 Å². The van der Waals surface area contributed by atoms with E-state index in [4.69, 9.17) is 9.11 Å². The fourth-order valence-electron chi connectivity index (χ4n) is 0.145. The van der Waals surface area contributed by atoms with Gasteiger partial charge in [0.25, 0.3) is 0 Å². The van der Waals surface area contributed by atoms with Crippen LogP contribution in [0.15, 0.2) is 4.99 Å². The minimum absolute atomic E-state index is 1.13. The smallest absolute Gasteiger partial charge is 0.175 e. The van der Waals surface area contributed by atoms with E-state index in [-0.39, 0.29) is 0 Å². The third-order valence-electron chi connectivity index (χ3n) is 0.353. The summed E-state index contributed by atoms with van der Waals surface area (Å²) in [5, 5.41) is 4.62. The fraction of sp³-hybridized carbons (Fsp3) is 0.500. The normalized spacial score (nSPS) is 14.2. The zero-order chi connectivity index (χ0) is 7.33. The first-order valence-electron chi connectivity index (χ1n) is 1.97. The Hall–Kier alpha value is -0.340. The van der Waals surface area contributed by atoms with Gasteiger partial charge < -0.3 is 0 Å². The van der Waals surface area contributed by atoms with E-state index in [0.29, 0.717) is 0 Å². The van der Waals surface area contributed by atoms with Crippen molar-refractivity contribution in [2.75, 3.05) is 7.05 Å². The highest BCUT2D eigenvalue weighted by molar-refractivity contribution is 8.18. The number of hydrogen-bond acceptors (Lipinski definition) is 5. The topological polar surface area (TPSA) is 100 Å². The van der Waals surface area contributed by atoms with Crippen molar-refractivity contribution in [1.82, 2.24) is 5.48 Å². The van der Waals surface area contributed by atoms with E-state index >= 15 is 0 Å². The first-order chi connectivity index (χ1) is 4.06. The largest absolute Gasteiger partial charge is 0.295 e. The molecule has 0 aliphatic heterocycles. The molecule has 9 heavy (non-hydrogen) atoms. The fourth-order valence-corrected chi connectivity index (χ4v) is 0.330. The summed E-state index contributed by atoms with van der Waals surface area (Å²) in [5.74, 6) is 0. The van der Waals surface area contributed by atoms with Gasteiger partial charge in [0.15, 0.2) is 11.1 Å². The lowest BCUT2D eigenvalue weighted by Crippen LogP contribution is -2.21. The van der Waals surface area contributed by atoms with Crippen molar-refractivity contribution in [2.45, 2.75) is 0 Å². The maximum absolute atomic E-state index is 8.31. The van der Waals surface area contributed by atoms with E-state index in [2.05, 4.69) is 14.4 Å². The molecule has 56 valence electrons. The number of nitrogens with zero attached hydrogens (tertiary/aromatic N) is 1. The maximum Gasteiger partial charge on any atom is 0.175 e. The Kier molecular flexibility index (Phi) is 3.50. The molecule has 0 bridgehead atoms. The molecule has 6 nitrogen and oxygen atoms in total. The van der Waals surface area contributed by atoms with E-state index in [9.17, 15) is 0 Å². The van der Waals surface area contributed by atoms with Crippen LogP contribution in [0, 0.1) is 0 Å². The highest BCUT2D eigenvalue weighted by Gasteiger charge is 2.07. The van der Waals surface area contributed by atoms with Crippen LogP contribution >= 0.6 is 11.1 Å². The van der Waals surface area contributed by atoms with Gasteiger partial charge in [0.05, 0.1) is 0 Å². The van der Waals surface area contributed by atoms with Crippen molar-refractivity contribution < 1.29 is 13.4 Å². The predicted octanol–water partition coefficient (Wildman–Crippen LogP) is -0.295. The highest BCUT2D eigenvalue weighted by atomic mass is 32.3. The molecule has 0 rings (SSSR count). The average molecular weight is 155 g/mol. The van der Waals surface area contributed by atoms with Crippen molar-refractivity contribution in [3.8, 4) is 0 Å². The van der Waals surface area contributed by atoms with Crippen molar-refractivity contribution in [3.63, 3.8) is 0 Å². The summed E-state index contributed by atoms with van der Waals surface area (Å²) >= 11 is -3.40. The Bertz CT molecular complexity index is 99.7. The molecule has 0 heterocycles. The monoisotopic (exact) mass is 155 g/mol. The molecule has 5 N–H and O–H groups in total. The second-order valence-corrected chi connectivity index (χ2v) is 2.37. The molecule has 0 radical (unpaired) electrons. The van der Waals surface area contributed by atoms with E-state index in [0.717, 1.165) is 6.34 Å². The summed E-state index contributed by atoms with van der Waals surface area (Å²) in [5.41, 5.74) is 2.00. The number of rotatable bonds is 3.